The van der Waals surface area contributed by atoms with Crippen molar-refractivity contribution in [2.24, 2.45) is 0 Å². The first-order chi connectivity index (χ1) is 18.1. The van der Waals surface area contributed by atoms with Crippen molar-refractivity contribution < 1.29 is 31.1 Å². The summed E-state index contributed by atoms with van der Waals surface area (Å²) in [5.41, 5.74) is 1.43. The molecule has 0 saturated carbocycles. The van der Waals surface area contributed by atoms with Gasteiger partial charge in [-0.1, -0.05) is 67.8 Å². The summed E-state index contributed by atoms with van der Waals surface area (Å²) >= 11 is 5.98. The Morgan fingerprint density at radius 2 is 1.42 bits per heavy atom. The van der Waals surface area contributed by atoms with E-state index >= 15 is 0 Å². The number of rotatable bonds is 10. The molecule has 0 N–H and O–H groups in total. The maximum atomic E-state index is 15.0. The lowest BCUT2D eigenvalue weighted by Gasteiger charge is -2.21. The predicted octanol–water partition coefficient (Wildman–Crippen LogP) is 9.70. The zero-order valence-corrected chi connectivity index (χ0v) is 21.3. The summed E-state index contributed by atoms with van der Waals surface area (Å²) in [6.45, 7) is 2.15. The molecule has 0 aliphatic carbocycles. The minimum absolute atomic E-state index is 0.163. The van der Waals surface area contributed by atoms with E-state index in [1.807, 2.05) is 24.3 Å². The number of aryl methyl sites for hydroxylation is 3. The van der Waals surface area contributed by atoms with Crippen molar-refractivity contribution in [1.29, 1.82) is 0 Å². The molecule has 4 rings (SSSR count). The number of fused-ring (bicyclic) bond motifs is 1. The van der Waals surface area contributed by atoms with Gasteiger partial charge in [0, 0.05) is 6.07 Å². The first-order valence-electron chi connectivity index (χ1n) is 12.3. The third-order valence-electron chi connectivity index (χ3n) is 6.43. The van der Waals surface area contributed by atoms with Crippen LogP contribution in [0.3, 0.4) is 0 Å². The lowest BCUT2D eigenvalue weighted by atomic mass is 10.00. The van der Waals surface area contributed by atoms with Crippen LogP contribution in [0.15, 0.2) is 60.7 Å². The Balaban J connectivity index is 1.49. The van der Waals surface area contributed by atoms with Crippen LogP contribution in [-0.4, -0.2) is 0 Å². The molecule has 0 spiro atoms. The Bertz CT molecular complexity index is 1440. The summed E-state index contributed by atoms with van der Waals surface area (Å²) in [5.74, 6) is -5.67. The van der Waals surface area contributed by atoms with Gasteiger partial charge in [-0.2, -0.15) is 8.78 Å². The van der Waals surface area contributed by atoms with Gasteiger partial charge in [-0.15, -0.1) is 0 Å². The number of unbranched alkanes of at least 4 members (excludes halogenated alkanes) is 2. The van der Waals surface area contributed by atoms with Gasteiger partial charge < -0.3 is 4.74 Å². The standard InChI is InChI=1S/C30H25ClF6O/c1-2-3-4-5-18-6-8-19(9-7-18)10-11-20-12-14-23(27(31)28(20)34)30(36,37)38-22-16-21-13-15-24(32)29(35)26(21)25(33)17-22/h6-9,12-17H,2-5,10-11H2,1H3. The van der Waals surface area contributed by atoms with Gasteiger partial charge in [0.1, 0.15) is 17.4 Å². The zero-order valence-electron chi connectivity index (χ0n) is 20.6. The summed E-state index contributed by atoms with van der Waals surface area (Å²) in [6, 6.07) is 13.4. The molecule has 4 aromatic rings. The minimum atomic E-state index is -4.14. The summed E-state index contributed by atoms with van der Waals surface area (Å²) in [4.78, 5) is 0. The van der Waals surface area contributed by atoms with E-state index in [4.69, 9.17) is 11.6 Å². The van der Waals surface area contributed by atoms with Crippen molar-refractivity contribution in [2.45, 2.75) is 51.6 Å². The molecule has 0 saturated heterocycles. The molecule has 0 heterocycles. The average molecular weight is 551 g/mol. The minimum Gasteiger partial charge on any atom is -0.429 e. The lowest BCUT2D eigenvalue weighted by molar-refractivity contribution is -0.185. The fourth-order valence-electron chi connectivity index (χ4n) is 4.32. The zero-order chi connectivity index (χ0) is 27.4. The topological polar surface area (TPSA) is 9.23 Å². The Morgan fingerprint density at radius 1 is 0.737 bits per heavy atom. The highest BCUT2D eigenvalue weighted by molar-refractivity contribution is 6.31. The fourth-order valence-corrected chi connectivity index (χ4v) is 4.61. The molecule has 0 radical (unpaired) electrons. The summed E-state index contributed by atoms with van der Waals surface area (Å²) in [5, 5.41) is -1.69. The van der Waals surface area contributed by atoms with Crippen LogP contribution in [0.2, 0.25) is 5.02 Å². The number of benzene rings is 4. The first-order valence-corrected chi connectivity index (χ1v) is 12.7. The van der Waals surface area contributed by atoms with Crippen molar-refractivity contribution in [3.63, 3.8) is 0 Å². The number of hydrogen-bond acceptors (Lipinski definition) is 1. The van der Waals surface area contributed by atoms with Gasteiger partial charge in [-0.25, -0.2) is 17.6 Å². The molecule has 1 nitrogen and oxygen atoms in total. The summed E-state index contributed by atoms with van der Waals surface area (Å²) < 4.78 is 91.2. The van der Waals surface area contributed by atoms with Gasteiger partial charge in [0.2, 0.25) is 0 Å². The Labute approximate surface area is 222 Å². The number of ether oxygens (including phenoxy) is 1. The van der Waals surface area contributed by atoms with E-state index in [0.717, 1.165) is 49.1 Å². The van der Waals surface area contributed by atoms with Crippen molar-refractivity contribution in [1.82, 2.24) is 0 Å². The molecule has 0 aromatic heterocycles. The fraction of sp³-hybridized carbons (Fsp3) is 0.267. The van der Waals surface area contributed by atoms with Crippen molar-refractivity contribution in [3.8, 4) is 5.75 Å². The molecular formula is C30H25ClF6O. The number of alkyl halides is 2. The Morgan fingerprint density at radius 3 is 2.11 bits per heavy atom. The molecular weight excluding hydrogens is 526 g/mol. The van der Waals surface area contributed by atoms with Crippen LogP contribution in [0.4, 0.5) is 26.3 Å². The van der Waals surface area contributed by atoms with Gasteiger partial charge in [0.25, 0.3) is 0 Å². The van der Waals surface area contributed by atoms with Crippen LogP contribution >= 0.6 is 11.6 Å². The number of hydrogen-bond donors (Lipinski definition) is 0. The molecule has 200 valence electrons. The monoisotopic (exact) mass is 550 g/mol. The summed E-state index contributed by atoms with van der Waals surface area (Å²) in [7, 11) is 0. The van der Waals surface area contributed by atoms with E-state index in [0.29, 0.717) is 12.5 Å². The molecule has 0 bridgehead atoms. The van der Waals surface area contributed by atoms with Gasteiger partial charge in [0.15, 0.2) is 11.6 Å². The van der Waals surface area contributed by atoms with Crippen molar-refractivity contribution in [3.05, 3.63) is 111 Å². The first kappa shape index (κ1) is 27.8. The highest BCUT2D eigenvalue weighted by atomic mass is 35.5. The van der Waals surface area contributed by atoms with Crippen LogP contribution in [0.5, 0.6) is 5.75 Å². The third kappa shape index (κ3) is 6.09. The SMILES string of the molecule is CCCCCc1ccc(CCc2ccc(C(F)(F)Oc3cc(F)c4c(F)c(F)ccc4c3)c(Cl)c2F)cc1. The van der Waals surface area contributed by atoms with E-state index in [1.54, 1.807) is 0 Å². The van der Waals surface area contributed by atoms with Crippen LogP contribution in [-0.2, 0) is 25.4 Å². The van der Waals surface area contributed by atoms with E-state index in [2.05, 4.69) is 11.7 Å². The van der Waals surface area contributed by atoms with Gasteiger partial charge in [0.05, 0.1) is 16.0 Å². The Hall–Kier alpha value is -3.19. The highest BCUT2D eigenvalue weighted by Gasteiger charge is 2.38. The van der Waals surface area contributed by atoms with Crippen LogP contribution < -0.4 is 4.74 Å². The third-order valence-corrected chi connectivity index (χ3v) is 6.80. The van der Waals surface area contributed by atoms with E-state index in [9.17, 15) is 26.3 Å². The molecule has 8 heteroatoms. The second-order valence-electron chi connectivity index (χ2n) is 9.16. The molecule has 0 atom stereocenters. The van der Waals surface area contributed by atoms with Gasteiger partial charge in [-0.05, 0) is 66.0 Å². The van der Waals surface area contributed by atoms with E-state index < -0.39 is 51.1 Å². The van der Waals surface area contributed by atoms with Crippen LogP contribution in [0.1, 0.15) is 48.4 Å². The van der Waals surface area contributed by atoms with Gasteiger partial charge >= 0.3 is 6.11 Å². The van der Waals surface area contributed by atoms with Crippen LogP contribution in [0.25, 0.3) is 10.8 Å². The Kier molecular flexibility index (Phi) is 8.56. The highest BCUT2D eigenvalue weighted by Crippen LogP contribution is 2.39. The smallest absolute Gasteiger partial charge is 0.428 e. The van der Waals surface area contributed by atoms with Gasteiger partial charge in [-0.3, -0.25) is 0 Å². The van der Waals surface area contributed by atoms with Crippen LogP contribution in [0, 0.1) is 23.3 Å². The molecule has 4 aromatic carbocycles. The quantitative estimate of drug-likeness (QED) is 0.141. The second-order valence-corrected chi connectivity index (χ2v) is 9.54. The predicted molar refractivity (Wildman–Crippen MR) is 137 cm³/mol. The molecule has 0 fully saturated rings. The molecule has 38 heavy (non-hydrogen) atoms. The number of halogens is 7. The van der Waals surface area contributed by atoms with E-state index in [-0.39, 0.29) is 17.4 Å². The van der Waals surface area contributed by atoms with Crippen molar-refractivity contribution in [2.75, 3.05) is 0 Å². The molecule has 0 aliphatic rings. The average Bonchev–Trinajstić information content (AvgIpc) is 2.87. The summed E-state index contributed by atoms with van der Waals surface area (Å²) in [6.07, 6.45) is 1.03. The molecule has 0 amide bonds. The molecule has 0 aliphatic heterocycles. The second kappa shape index (κ2) is 11.7. The maximum Gasteiger partial charge on any atom is 0.428 e. The van der Waals surface area contributed by atoms with Crippen molar-refractivity contribution >= 4 is 22.4 Å². The normalized spacial score (nSPS) is 11.8. The maximum absolute atomic E-state index is 15.0. The lowest BCUT2D eigenvalue weighted by Crippen LogP contribution is -2.23. The molecule has 0 unspecified atom stereocenters. The largest absolute Gasteiger partial charge is 0.429 e. The van der Waals surface area contributed by atoms with E-state index in [1.165, 1.54) is 18.1 Å².